The van der Waals surface area contributed by atoms with Crippen molar-refractivity contribution in [3.63, 3.8) is 0 Å². The summed E-state index contributed by atoms with van der Waals surface area (Å²) in [4.78, 5) is 36.3. The number of furan rings is 2. The molecule has 0 N–H and O–H groups in total. The van der Waals surface area contributed by atoms with E-state index >= 15 is 0 Å². The van der Waals surface area contributed by atoms with Gasteiger partial charge in [-0.1, -0.05) is 27.7 Å². The van der Waals surface area contributed by atoms with Crippen molar-refractivity contribution in [2.45, 2.75) is 40.5 Å². The zero-order chi connectivity index (χ0) is 18.9. The van der Waals surface area contributed by atoms with E-state index < -0.39 is 24.0 Å². The molecule has 2 aromatic rings. The number of carbonyl (C=O) groups excluding carboxylic acids is 3. The number of rotatable bonds is 5. The van der Waals surface area contributed by atoms with Gasteiger partial charge in [0.05, 0.1) is 5.41 Å². The van der Waals surface area contributed by atoms with Crippen LogP contribution in [-0.2, 0) is 14.3 Å². The summed E-state index contributed by atoms with van der Waals surface area (Å²) in [6.45, 7) is 7.66. The summed E-state index contributed by atoms with van der Waals surface area (Å²) < 4.78 is 20.8. The molecule has 3 heterocycles. The highest BCUT2D eigenvalue weighted by Gasteiger charge is 2.62. The van der Waals surface area contributed by atoms with Crippen molar-refractivity contribution < 1.29 is 33.0 Å². The van der Waals surface area contributed by atoms with E-state index in [9.17, 15) is 14.4 Å². The summed E-state index contributed by atoms with van der Waals surface area (Å²) in [5.74, 6) is -1.09. The van der Waals surface area contributed by atoms with Gasteiger partial charge < -0.3 is 18.6 Å². The van der Waals surface area contributed by atoms with Crippen LogP contribution in [0.5, 0.6) is 11.5 Å². The van der Waals surface area contributed by atoms with Gasteiger partial charge in [-0.2, -0.15) is 0 Å². The van der Waals surface area contributed by atoms with Crippen LogP contribution in [0.2, 0.25) is 0 Å². The third-order valence-corrected chi connectivity index (χ3v) is 6.43. The number of esters is 3. The molecular weight excluding hydrogens is 340 g/mol. The molecule has 1 fully saturated rings. The lowest BCUT2D eigenvalue weighted by Gasteiger charge is -2.58. The first-order valence-corrected chi connectivity index (χ1v) is 8.70. The number of hydrogen-bond donors (Lipinski definition) is 0. The van der Waals surface area contributed by atoms with E-state index in [1.807, 2.05) is 6.92 Å². The zero-order valence-electron chi connectivity index (χ0n) is 15.1. The molecule has 2 aliphatic rings. The molecule has 0 amide bonds. The fourth-order valence-electron chi connectivity index (χ4n) is 4.25. The van der Waals surface area contributed by atoms with Gasteiger partial charge >= 0.3 is 17.9 Å². The number of benzene rings is 1. The number of ether oxygens (including phenoxy) is 3. The average molecular weight is 360 g/mol. The highest BCUT2D eigenvalue weighted by Crippen LogP contribution is 2.62. The SMILES string of the molecule is CCC1(C(=O)OCC(=O)Oc2c3c4oc2cc4C(=O)O3)CC(C)C1(C)C. The predicted octanol–water partition coefficient (Wildman–Crippen LogP) is 3.31. The maximum absolute atomic E-state index is 12.6. The second kappa shape index (κ2) is 5.22. The van der Waals surface area contributed by atoms with Crippen LogP contribution in [0.3, 0.4) is 0 Å². The van der Waals surface area contributed by atoms with E-state index in [0.29, 0.717) is 17.9 Å². The van der Waals surface area contributed by atoms with Crippen molar-refractivity contribution >= 4 is 29.1 Å². The van der Waals surface area contributed by atoms with E-state index in [0.717, 1.165) is 6.42 Å². The minimum atomic E-state index is -0.751. The molecule has 2 aromatic heterocycles. The minimum Gasteiger partial charge on any atom is -0.453 e. The molecule has 7 nitrogen and oxygen atoms in total. The van der Waals surface area contributed by atoms with Crippen molar-refractivity contribution in [2.75, 3.05) is 6.61 Å². The second-order valence-electron chi connectivity index (χ2n) is 7.71. The Balaban J connectivity index is 1.41. The van der Waals surface area contributed by atoms with E-state index in [1.165, 1.54) is 6.07 Å². The Bertz CT molecular complexity index is 922. The fourth-order valence-corrected chi connectivity index (χ4v) is 4.25. The van der Waals surface area contributed by atoms with Crippen LogP contribution in [0.15, 0.2) is 10.5 Å². The van der Waals surface area contributed by atoms with Crippen LogP contribution in [0.1, 0.15) is 50.9 Å². The Morgan fingerprint density at radius 3 is 2.69 bits per heavy atom. The third-order valence-electron chi connectivity index (χ3n) is 6.43. The molecule has 0 spiro atoms. The van der Waals surface area contributed by atoms with Gasteiger partial charge in [0.1, 0.15) is 5.56 Å². The average Bonchev–Trinajstić information content (AvgIpc) is 3.22. The quantitative estimate of drug-likeness (QED) is 0.596. The Morgan fingerprint density at radius 2 is 2.08 bits per heavy atom. The van der Waals surface area contributed by atoms with Crippen LogP contribution in [0.25, 0.3) is 11.2 Å². The molecule has 2 bridgehead atoms. The molecule has 1 saturated carbocycles. The smallest absolute Gasteiger partial charge is 0.349 e. The predicted molar refractivity (Wildman–Crippen MR) is 89.2 cm³/mol. The molecule has 1 aliphatic heterocycles. The van der Waals surface area contributed by atoms with Gasteiger partial charge in [-0.25, -0.2) is 9.59 Å². The normalized spacial score (nSPS) is 25.8. The molecule has 0 aromatic carbocycles. The van der Waals surface area contributed by atoms with Crippen LogP contribution < -0.4 is 9.47 Å². The first-order chi connectivity index (χ1) is 12.2. The maximum atomic E-state index is 12.6. The lowest BCUT2D eigenvalue weighted by molar-refractivity contribution is -0.193. The van der Waals surface area contributed by atoms with E-state index in [4.69, 9.17) is 18.6 Å². The molecule has 26 heavy (non-hydrogen) atoms. The van der Waals surface area contributed by atoms with E-state index in [2.05, 4.69) is 20.8 Å². The lowest BCUT2D eigenvalue weighted by Crippen LogP contribution is -2.58. The van der Waals surface area contributed by atoms with Crippen LogP contribution >= 0.6 is 0 Å². The van der Waals surface area contributed by atoms with Gasteiger partial charge in [-0.3, -0.25) is 4.79 Å². The van der Waals surface area contributed by atoms with Crippen LogP contribution in [0, 0.1) is 16.7 Å². The monoisotopic (exact) mass is 360 g/mol. The molecule has 4 rings (SSSR count). The Hall–Kier alpha value is -2.57. The first kappa shape index (κ1) is 16.9. The first-order valence-electron chi connectivity index (χ1n) is 8.70. The molecule has 1 aliphatic carbocycles. The molecule has 0 radical (unpaired) electrons. The fraction of sp³-hybridized carbons (Fsp3) is 0.526. The molecular formula is C19H20O7. The van der Waals surface area contributed by atoms with Crippen LogP contribution in [-0.4, -0.2) is 24.5 Å². The summed E-state index contributed by atoms with van der Waals surface area (Å²) in [7, 11) is 0. The summed E-state index contributed by atoms with van der Waals surface area (Å²) in [6.07, 6.45) is 1.40. The topological polar surface area (TPSA) is 92.0 Å². The van der Waals surface area contributed by atoms with E-state index in [1.54, 1.807) is 0 Å². The number of carbonyl (C=O) groups is 3. The highest BCUT2D eigenvalue weighted by atomic mass is 16.6. The van der Waals surface area contributed by atoms with E-state index in [-0.39, 0.29) is 34.0 Å². The number of hydrogen-bond acceptors (Lipinski definition) is 7. The molecule has 7 heteroatoms. The van der Waals surface area contributed by atoms with Gasteiger partial charge in [0.15, 0.2) is 17.8 Å². The summed E-state index contributed by atoms with van der Waals surface area (Å²) >= 11 is 0. The Labute approximate surface area is 149 Å². The lowest BCUT2D eigenvalue weighted by atomic mass is 9.44. The van der Waals surface area contributed by atoms with Gasteiger partial charge in [-0.15, -0.1) is 0 Å². The van der Waals surface area contributed by atoms with Crippen molar-refractivity contribution in [2.24, 2.45) is 16.7 Å². The van der Waals surface area contributed by atoms with Gasteiger partial charge in [0.2, 0.25) is 11.5 Å². The summed E-state index contributed by atoms with van der Waals surface area (Å²) in [6, 6.07) is 1.47. The molecule has 2 atom stereocenters. The summed E-state index contributed by atoms with van der Waals surface area (Å²) in [5, 5.41) is 0. The Morgan fingerprint density at radius 1 is 1.35 bits per heavy atom. The Kier molecular flexibility index (Phi) is 3.39. The van der Waals surface area contributed by atoms with Gasteiger partial charge in [0.25, 0.3) is 0 Å². The van der Waals surface area contributed by atoms with Gasteiger partial charge in [-0.05, 0) is 24.2 Å². The summed E-state index contributed by atoms with van der Waals surface area (Å²) in [5.41, 5.74) is 0.104. The zero-order valence-corrected chi connectivity index (χ0v) is 15.1. The van der Waals surface area contributed by atoms with Crippen molar-refractivity contribution in [1.82, 2.24) is 0 Å². The minimum absolute atomic E-state index is 0.0541. The largest absolute Gasteiger partial charge is 0.453 e. The highest BCUT2D eigenvalue weighted by molar-refractivity contribution is 6.10. The van der Waals surface area contributed by atoms with Crippen molar-refractivity contribution in [1.29, 1.82) is 0 Å². The second-order valence-corrected chi connectivity index (χ2v) is 7.71. The number of fused-ring (bicyclic) bond motifs is 1. The molecule has 138 valence electrons. The third kappa shape index (κ3) is 1.97. The van der Waals surface area contributed by atoms with Crippen LogP contribution in [0.4, 0.5) is 0 Å². The van der Waals surface area contributed by atoms with Crippen molar-refractivity contribution in [3.8, 4) is 11.5 Å². The van der Waals surface area contributed by atoms with Gasteiger partial charge in [0, 0.05) is 6.07 Å². The molecule has 2 unspecified atom stereocenters. The molecule has 0 saturated heterocycles. The maximum Gasteiger partial charge on any atom is 0.349 e. The standard InChI is InChI=1S/C19H20O7/c1-5-19(7-9(2)18(19,3)4)17(22)23-8-12(20)25-14-11-6-10-13(24-11)15(14)26-16(10)21/h6,9H,5,7-8H2,1-4H3. The van der Waals surface area contributed by atoms with Crippen molar-refractivity contribution in [3.05, 3.63) is 11.6 Å².